The summed E-state index contributed by atoms with van der Waals surface area (Å²) < 4.78 is 25.1. The van der Waals surface area contributed by atoms with E-state index in [1.807, 2.05) is 0 Å². The summed E-state index contributed by atoms with van der Waals surface area (Å²) >= 11 is 0. The molecule has 0 bridgehead atoms. The van der Waals surface area contributed by atoms with E-state index in [0.29, 0.717) is 13.1 Å². The Balaban J connectivity index is 2.87. The fourth-order valence-electron chi connectivity index (χ4n) is 1.80. The minimum atomic E-state index is -3.28. The van der Waals surface area contributed by atoms with Crippen LogP contribution in [-0.4, -0.2) is 36.4 Å². The van der Waals surface area contributed by atoms with E-state index in [0.717, 1.165) is 12.8 Å². The van der Waals surface area contributed by atoms with Gasteiger partial charge in [0, 0.05) is 19.0 Å². The zero-order chi connectivity index (χ0) is 12.6. The SMILES string of the molecule is CC(C)(C)S(=O)(=O)N1CCCC(C(=N)N)C1. The normalized spacial score (nSPS) is 24.3. The first-order chi connectivity index (χ1) is 7.16. The van der Waals surface area contributed by atoms with Gasteiger partial charge < -0.3 is 5.73 Å². The van der Waals surface area contributed by atoms with Crippen LogP contribution in [0.2, 0.25) is 0 Å². The zero-order valence-electron chi connectivity index (χ0n) is 10.2. The standard InChI is InChI=1S/C10H21N3O2S/c1-10(2,3)16(14,15)13-6-4-5-8(7-13)9(11)12/h8H,4-7H2,1-3H3,(H3,11,12). The molecule has 0 aromatic rings. The van der Waals surface area contributed by atoms with Gasteiger partial charge in [-0.05, 0) is 33.6 Å². The Hall–Kier alpha value is -0.620. The Morgan fingerprint density at radius 2 is 2.00 bits per heavy atom. The lowest BCUT2D eigenvalue weighted by Gasteiger charge is -2.35. The summed E-state index contributed by atoms with van der Waals surface area (Å²) in [6, 6.07) is 0. The van der Waals surface area contributed by atoms with Gasteiger partial charge >= 0.3 is 0 Å². The number of nitrogens with zero attached hydrogens (tertiary/aromatic N) is 1. The molecule has 94 valence electrons. The highest BCUT2D eigenvalue weighted by Crippen LogP contribution is 2.26. The van der Waals surface area contributed by atoms with Crippen molar-refractivity contribution in [1.29, 1.82) is 5.41 Å². The smallest absolute Gasteiger partial charge is 0.219 e. The van der Waals surface area contributed by atoms with Crippen molar-refractivity contribution in [3.8, 4) is 0 Å². The molecule has 1 unspecified atom stereocenters. The maximum atomic E-state index is 12.2. The molecular weight excluding hydrogens is 226 g/mol. The van der Waals surface area contributed by atoms with E-state index in [1.165, 1.54) is 4.31 Å². The number of piperidine rings is 1. The summed E-state index contributed by atoms with van der Waals surface area (Å²) in [7, 11) is -3.28. The fraction of sp³-hybridized carbons (Fsp3) is 0.900. The fourth-order valence-corrected chi connectivity index (χ4v) is 3.32. The first kappa shape index (κ1) is 13.4. The third kappa shape index (κ3) is 2.55. The number of sulfonamides is 1. The van der Waals surface area contributed by atoms with E-state index >= 15 is 0 Å². The number of nitrogens with one attached hydrogen (secondary N) is 1. The van der Waals surface area contributed by atoms with Crippen molar-refractivity contribution in [2.24, 2.45) is 11.7 Å². The van der Waals surface area contributed by atoms with Gasteiger partial charge in [0.15, 0.2) is 0 Å². The van der Waals surface area contributed by atoms with Crippen molar-refractivity contribution >= 4 is 15.9 Å². The molecule has 1 atom stereocenters. The average Bonchev–Trinajstić information content (AvgIpc) is 2.16. The van der Waals surface area contributed by atoms with E-state index in [2.05, 4.69) is 0 Å². The predicted molar refractivity (Wildman–Crippen MR) is 64.9 cm³/mol. The van der Waals surface area contributed by atoms with Gasteiger partial charge in [0.2, 0.25) is 10.0 Å². The topological polar surface area (TPSA) is 87.2 Å². The molecule has 1 aliphatic heterocycles. The van der Waals surface area contributed by atoms with Crippen LogP contribution in [0.3, 0.4) is 0 Å². The Morgan fingerprint density at radius 1 is 1.44 bits per heavy atom. The van der Waals surface area contributed by atoms with Gasteiger partial charge in [0.1, 0.15) is 0 Å². The largest absolute Gasteiger partial charge is 0.387 e. The summed E-state index contributed by atoms with van der Waals surface area (Å²) in [5.74, 6) is -0.0281. The zero-order valence-corrected chi connectivity index (χ0v) is 11.0. The molecule has 3 N–H and O–H groups in total. The molecule has 1 heterocycles. The van der Waals surface area contributed by atoms with Crippen molar-refractivity contribution in [2.45, 2.75) is 38.4 Å². The first-order valence-corrected chi connectivity index (χ1v) is 6.94. The molecular formula is C10H21N3O2S. The van der Waals surface area contributed by atoms with Gasteiger partial charge in [-0.25, -0.2) is 12.7 Å². The van der Waals surface area contributed by atoms with E-state index in [4.69, 9.17) is 11.1 Å². The molecule has 0 aromatic heterocycles. The van der Waals surface area contributed by atoms with Gasteiger partial charge in [0.25, 0.3) is 0 Å². The lowest BCUT2D eigenvalue weighted by atomic mass is 9.99. The van der Waals surface area contributed by atoms with Crippen LogP contribution in [0.15, 0.2) is 0 Å². The van der Waals surface area contributed by atoms with Crippen LogP contribution in [-0.2, 0) is 10.0 Å². The van der Waals surface area contributed by atoms with Crippen LogP contribution in [0.5, 0.6) is 0 Å². The van der Waals surface area contributed by atoms with Crippen LogP contribution < -0.4 is 5.73 Å². The number of amidine groups is 1. The molecule has 0 radical (unpaired) electrons. The molecule has 1 rings (SSSR count). The molecule has 0 spiro atoms. The predicted octanol–water partition coefficient (Wildman–Crippen LogP) is 0.763. The van der Waals surface area contributed by atoms with Crippen molar-refractivity contribution in [2.75, 3.05) is 13.1 Å². The minimum absolute atomic E-state index is 0.0915. The highest BCUT2D eigenvalue weighted by Gasteiger charge is 2.38. The lowest BCUT2D eigenvalue weighted by Crippen LogP contribution is -2.49. The van der Waals surface area contributed by atoms with Crippen LogP contribution in [0.25, 0.3) is 0 Å². The number of rotatable bonds is 2. The molecule has 16 heavy (non-hydrogen) atoms. The van der Waals surface area contributed by atoms with E-state index in [1.54, 1.807) is 20.8 Å². The van der Waals surface area contributed by atoms with Crippen molar-refractivity contribution in [3.63, 3.8) is 0 Å². The minimum Gasteiger partial charge on any atom is -0.387 e. The van der Waals surface area contributed by atoms with Gasteiger partial charge in [-0.1, -0.05) is 0 Å². The third-order valence-electron chi connectivity index (χ3n) is 2.94. The Bertz CT molecular complexity index is 370. The van der Waals surface area contributed by atoms with Crippen LogP contribution in [0.4, 0.5) is 0 Å². The number of hydrogen-bond acceptors (Lipinski definition) is 3. The molecule has 0 aromatic carbocycles. The Morgan fingerprint density at radius 3 is 2.44 bits per heavy atom. The molecule has 6 heteroatoms. The second-order valence-corrected chi connectivity index (χ2v) is 7.96. The van der Waals surface area contributed by atoms with Gasteiger partial charge in [-0.2, -0.15) is 0 Å². The van der Waals surface area contributed by atoms with E-state index < -0.39 is 14.8 Å². The Kier molecular flexibility index (Phi) is 3.64. The first-order valence-electron chi connectivity index (χ1n) is 5.50. The Labute approximate surface area is 97.6 Å². The third-order valence-corrected chi connectivity index (χ3v) is 5.50. The molecule has 1 aliphatic rings. The summed E-state index contributed by atoms with van der Waals surface area (Å²) in [6.45, 7) is 5.98. The van der Waals surface area contributed by atoms with E-state index in [9.17, 15) is 8.42 Å². The molecule has 0 saturated carbocycles. The summed E-state index contributed by atoms with van der Waals surface area (Å²) in [5, 5.41) is 7.40. The van der Waals surface area contributed by atoms with Gasteiger partial charge in [0.05, 0.1) is 10.6 Å². The number of nitrogens with two attached hydrogens (primary N) is 1. The van der Waals surface area contributed by atoms with Gasteiger partial charge in [-0.15, -0.1) is 0 Å². The maximum absolute atomic E-state index is 12.2. The summed E-state index contributed by atoms with van der Waals surface area (Å²) in [5.41, 5.74) is 5.44. The molecule has 0 amide bonds. The van der Waals surface area contributed by atoms with Crippen molar-refractivity contribution < 1.29 is 8.42 Å². The highest BCUT2D eigenvalue weighted by atomic mass is 32.2. The molecule has 1 fully saturated rings. The van der Waals surface area contributed by atoms with Crippen LogP contribution in [0.1, 0.15) is 33.6 Å². The number of hydrogen-bond donors (Lipinski definition) is 2. The summed E-state index contributed by atoms with van der Waals surface area (Å²) in [6.07, 6.45) is 1.59. The average molecular weight is 247 g/mol. The lowest BCUT2D eigenvalue weighted by molar-refractivity contribution is 0.303. The maximum Gasteiger partial charge on any atom is 0.219 e. The second-order valence-electron chi connectivity index (χ2n) is 5.27. The van der Waals surface area contributed by atoms with Gasteiger partial charge in [-0.3, -0.25) is 5.41 Å². The monoisotopic (exact) mass is 247 g/mol. The molecule has 5 nitrogen and oxygen atoms in total. The van der Waals surface area contributed by atoms with E-state index in [-0.39, 0.29) is 11.8 Å². The quantitative estimate of drug-likeness (QED) is 0.558. The molecule has 1 saturated heterocycles. The van der Waals surface area contributed by atoms with Crippen molar-refractivity contribution in [3.05, 3.63) is 0 Å². The highest BCUT2D eigenvalue weighted by molar-refractivity contribution is 7.90. The second kappa shape index (κ2) is 4.33. The molecule has 0 aliphatic carbocycles. The van der Waals surface area contributed by atoms with Crippen LogP contribution >= 0.6 is 0 Å². The van der Waals surface area contributed by atoms with Crippen molar-refractivity contribution in [1.82, 2.24) is 4.31 Å². The summed E-state index contributed by atoms with van der Waals surface area (Å²) in [4.78, 5) is 0. The van der Waals surface area contributed by atoms with Crippen LogP contribution in [0, 0.1) is 11.3 Å².